The molecule has 2 heterocycles. The fourth-order valence-corrected chi connectivity index (χ4v) is 4.26. The lowest BCUT2D eigenvalue weighted by Gasteiger charge is -2.32. The fraction of sp³-hybridized carbons (Fsp3) is 0.211. The van der Waals surface area contributed by atoms with E-state index in [1.807, 2.05) is 54.9 Å². The van der Waals surface area contributed by atoms with E-state index in [9.17, 15) is 4.79 Å². The number of nitrogens with zero attached hydrogens (tertiary/aromatic N) is 3. The van der Waals surface area contributed by atoms with E-state index in [4.69, 9.17) is 11.6 Å². The molecule has 2 aromatic carbocycles. The van der Waals surface area contributed by atoms with Crippen LogP contribution in [-0.2, 0) is 4.79 Å². The van der Waals surface area contributed by atoms with Crippen molar-refractivity contribution < 1.29 is 4.79 Å². The van der Waals surface area contributed by atoms with Gasteiger partial charge in [0.2, 0.25) is 11.1 Å². The van der Waals surface area contributed by atoms with Crippen LogP contribution in [0.2, 0.25) is 5.02 Å². The molecular weight excluding hydrogens is 382 g/mol. The Balaban J connectivity index is 1.68. The number of nitrogens with one attached hydrogen (secondary N) is 2. The molecule has 8 heteroatoms. The molecule has 0 saturated heterocycles. The van der Waals surface area contributed by atoms with Crippen molar-refractivity contribution >= 4 is 35.0 Å². The van der Waals surface area contributed by atoms with Gasteiger partial charge in [-0.2, -0.15) is 0 Å². The molecule has 0 spiro atoms. The number of para-hydroxylation sites is 1. The molecule has 0 aliphatic carbocycles. The summed E-state index contributed by atoms with van der Waals surface area (Å²) in [7, 11) is 0. The van der Waals surface area contributed by atoms with E-state index in [0.29, 0.717) is 15.9 Å². The van der Waals surface area contributed by atoms with Gasteiger partial charge in [-0.25, -0.2) is 4.68 Å². The largest absolute Gasteiger partial charge is 0.324 e. The molecule has 0 radical (unpaired) electrons. The van der Waals surface area contributed by atoms with Crippen LogP contribution in [0.15, 0.2) is 53.7 Å². The fourth-order valence-electron chi connectivity index (χ4n) is 2.95. The first-order valence-corrected chi connectivity index (χ1v) is 9.76. The highest BCUT2D eigenvalue weighted by molar-refractivity contribution is 8.00. The Morgan fingerprint density at radius 3 is 2.63 bits per heavy atom. The van der Waals surface area contributed by atoms with Crippen LogP contribution in [-0.4, -0.2) is 26.0 Å². The van der Waals surface area contributed by atoms with Gasteiger partial charge in [0.15, 0.2) is 0 Å². The summed E-state index contributed by atoms with van der Waals surface area (Å²) in [4.78, 5) is 13.1. The van der Waals surface area contributed by atoms with Crippen LogP contribution in [0.3, 0.4) is 0 Å². The van der Waals surface area contributed by atoms with Gasteiger partial charge >= 0.3 is 0 Å². The van der Waals surface area contributed by atoms with Crippen LogP contribution in [0.1, 0.15) is 23.0 Å². The minimum Gasteiger partial charge on any atom is -0.324 e. The standard InChI is InChI=1S/C19H18ClN5OS/c1-11-7-9-13(10-8-11)16-17(27-19-23-22-12(2)25(19)24-16)18(26)21-15-6-4-3-5-14(15)20/h3-10,16-17,24H,1-2H3,(H,21,26)/t16-,17-/m0/s1. The highest BCUT2D eigenvalue weighted by Gasteiger charge is 2.37. The molecule has 0 bridgehead atoms. The first-order valence-electron chi connectivity index (χ1n) is 8.50. The zero-order valence-electron chi connectivity index (χ0n) is 14.8. The number of halogens is 1. The smallest absolute Gasteiger partial charge is 0.240 e. The van der Waals surface area contributed by atoms with Crippen molar-refractivity contribution in [3.63, 3.8) is 0 Å². The van der Waals surface area contributed by atoms with Gasteiger partial charge in [0.05, 0.1) is 16.8 Å². The monoisotopic (exact) mass is 399 g/mol. The van der Waals surface area contributed by atoms with Crippen molar-refractivity contribution in [1.29, 1.82) is 0 Å². The maximum absolute atomic E-state index is 13.1. The van der Waals surface area contributed by atoms with E-state index in [0.717, 1.165) is 11.4 Å². The number of carbonyl (C=O) groups is 1. The van der Waals surface area contributed by atoms with Crippen molar-refractivity contribution in [2.45, 2.75) is 30.3 Å². The minimum absolute atomic E-state index is 0.141. The van der Waals surface area contributed by atoms with Crippen molar-refractivity contribution in [1.82, 2.24) is 14.9 Å². The third-order valence-corrected chi connectivity index (χ3v) is 5.97. The number of hydrogen-bond donors (Lipinski definition) is 2. The number of fused-ring (bicyclic) bond motifs is 1. The molecule has 1 amide bonds. The first-order chi connectivity index (χ1) is 13.0. The summed E-state index contributed by atoms with van der Waals surface area (Å²) in [5.74, 6) is 0.609. The Morgan fingerprint density at radius 2 is 1.89 bits per heavy atom. The SMILES string of the molecule is Cc1ccc([C@@H]2Nn3c(C)nnc3S[C@@H]2C(=O)Nc2ccccc2Cl)cc1. The van der Waals surface area contributed by atoms with Gasteiger partial charge in [0, 0.05) is 0 Å². The van der Waals surface area contributed by atoms with Crippen LogP contribution in [0.5, 0.6) is 0 Å². The molecule has 0 unspecified atom stereocenters. The lowest BCUT2D eigenvalue weighted by molar-refractivity contribution is -0.116. The number of anilines is 1. The molecule has 1 aliphatic heterocycles. The number of thioether (sulfide) groups is 1. The van der Waals surface area contributed by atoms with E-state index in [1.165, 1.54) is 17.3 Å². The van der Waals surface area contributed by atoms with Crippen LogP contribution >= 0.6 is 23.4 Å². The maximum atomic E-state index is 13.1. The van der Waals surface area contributed by atoms with Crippen LogP contribution in [0.25, 0.3) is 0 Å². The van der Waals surface area contributed by atoms with Crippen molar-refractivity contribution in [2.75, 3.05) is 10.7 Å². The Hall–Kier alpha value is -2.51. The second-order valence-corrected chi connectivity index (χ2v) is 7.91. The quantitative estimate of drug-likeness (QED) is 0.697. The molecule has 1 aliphatic rings. The Bertz CT molecular complexity index is 988. The molecule has 2 atom stereocenters. The average molecular weight is 400 g/mol. The molecule has 2 N–H and O–H groups in total. The predicted octanol–water partition coefficient (Wildman–Crippen LogP) is 3.95. The molecule has 6 nitrogen and oxygen atoms in total. The number of amides is 1. The normalized spacial score (nSPS) is 18.5. The summed E-state index contributed by atoms with van der Waals surface area (Å²) in [6.07, 6.45) is 0. The average Bonchev–Trinajstić information content (AvgIpc) is 3.03. The molecule has 27 heavy (non-hydrogen) atoms. The molecule has 3 aromatic rings. The van der Waals surface area contributed by atoms with Crippen molar-refractivity contribution in [3.05, 3.63) is 70.5 Å². The van der Waals surface area contributed by atoms with Gasteiger partial charge in [-0.3, -0.25) is 4.79 Å². The van der Waals surface area contributed by atoms with Gasteiger partial charge in [-0.05, 0) is 31.5 Å². The zero-order chi connectivity index (χ0) is 19.0. The summed E-state index contributed by atoms with van der Waals surface area (Å²) < 4.78 is 1.83. The summed E-state index contributed by atoms with van der Waals surface area (Å²) >= 11 is 7.59. The summed E-state index contributed by atoms with van der Waals surface area (Å²) in [6.45, 7) is 3.91. The summed E-state index contributed by atoms with van der Waals surface area (Å²) in [5.41, 5.74) is 6.17. The molecular formula is C19H18ClN5OS. The number of benzene rings is 2. The molecule has 0 fully saturated rings. The summed E-state index contributed by atoms with van der Waals surface area (Å²) in [6, 6.07) is 15.1. The zero-order valence-corrected chi connectivity index (χ0v) is 16.4. The minimum atomic E-state index is -0.430. The third kappa shape index (κ3) is 3.52. The Labute approximate surface area is 166 Å². The molecule has 138 valence electrons. The van der Waals surface area contributed by atoms with E-state index >= 15 is 0 Å². The number of aryl methyl sites for hydroxylation is 2. The first kappa shape index (κ1) is 17.9. The molecule has 4 rings (SSSR count). The molecule has 1 aromatic heterocycles. The van der Waals surface area contributed by atoms with E-state index in [-0.39, 0.29) is 11.9 Å². The van der Waals surface area contributed by atoms with Crippen LogP contribution in [0.4, 0.5) is 5.69 Å². The van der Waals surface area contributed by atoms with Crippen molar-refractivity contribution in [2.24, 2.45) is 0 Å². The van der Waals surface area contributed by atoms with Gasteiger partial charge in [0.1, 0.15) is 11.1 Å². The predicted molar refractivity (Wildman–Crippen MR) is 108 cm³/mol. The Kier molecular flexibility index (Phi) is 4.80. The molecule has 0 saturated carbocycles. The second kappa shape index (κ2) is 7.25. The van der Waals surface area contributed by atoms with Crippen LogP contribution in [0, 0.1) is 13.8 Å². The van der Waals surface area contributed by atoms with Gasteiger partial charge in [-0.15, -0.1) is 10.2 Å². The van der Waals surface area contributed by atoms with E-state index < -0.39 is 5.25 Å². The van der Waals surface area contributed by atoms with E-state index in [2.05, 4.69) is 20.9 Å². The maximum Gasteiger partial charge on any atom is 0.240 e. The summed E-state index contributed by atoms with van der Waals surface area (Å²) in [5, 5.41) is 11.9. The number of carbonyl (C=O) groups excluding carboxylic acids is 1. The number of aromatic nitrogens is 3. The van der Waals surface area contributed by atoms with Crippen LogP contribution < -0.4 is 10.7 Å². The topological polar surface area (TPSA) is 71.8 Å². The highest BCUT2D eigenvalue weighted by Crippen LogP contribution is 2.37. The second-order valence-electron chi connectivity index (χ2n) is 6.39. The van der Waals surface area contributed by atoms with Crippen molar-refractivity contribution in [3.8, 4) is 0 Å². The van der Waals surface area contributed by atoms with Gasteiger partial charge in [-0.1, -0.05) is 65.3 Å². The highest BCUT2D eigenvalue weighted by atomic mass is 35.5. The third-order valence-electron chi connectivity index (χ3n) is 4.43. The van der Waals surface area contributed by atoms with Gasteiger partial charge < -0.3 is 10.7 Å². The lowest BCUT2D eigenvalue weighted by atomic mass is 10.0. The number of rotatable bonds is 3. The van der Waals surface area contributed by atoms with E-state index in [1.54, 1.807) is 12.1 Å². The lowest BCUT2D eigenvalue weighted by Crippen LogP contribution is -2.41. The number of hydrogen-bond acceptors (Lipinski definition) is 5. The Morgan fingerprint density at radius 1 is 1.15 bits per heavy atom. The van der Waals surface area contributed by atoms with Gasteiger partial charge in [0.25, 0.3) is 0 Å².